The molecule has 0 rings (SSSR count). The summed E-state index contributed by atoms with van der Waals surface area (Å²) < 4.78 is 0. The van der Waals surface area contributed by atoms with Gasteiger partial charge in [-0.05, 0) is 6.92 Å². The second kappa shape index (κ2) is 3.40. The molecule has 47 valence electrons. The highest BCUT2D eigenvalue weighted by molar-refractivity contribution is 5.77. The van der Waals surface area contributed by atoms with Crippen molar-refractivity contribution in [3.63, 3.8) is 0 Å². The topological polar surface area (TPSA) is 75.3 Å². The number of aliphatic hydroxyl groups is 1. The molecule has 0 saturated carbocycles. The monoisotopic (exact) mass is 117 g/mol. The van der Waals surface area contributed by atoms with Gasteiger partial charge in [-0.15, -0.1) is 0 Å². The molecule has 8 heavy (non-hydrogen) atoms. The van der Waals surface area contributed by atoms with Crippen molar-refractivity contribution < 1.29 is 9.90 Å². The molecule has 4 nitrogen and oxygen atoms in total. The van der Waals surface area contributed by atoms with Crippen LogP contribution in [0, 0.1) is 6.92 Å². The summed E-state index contributed by atoms with van der Waals surface area (Å²) in [5, 5.41) is 10.4. The van der Waals surface area contributed by atoms with E-state index in [2.05, 4.69) is 12.2 Å². The van der Waals surface area contributed by atoms with E-state index in [9.17, 15) is 4.79 Å². The molecule has 1 radical (unpaired) electrons. The zero-order chi connectivity index (χ0) is 6.57. The van der Waals surface area contributed by atoms with Crippen LogP contribution in [0.25, 0.3) is 0 Å². The minimum Gasteiger partial charge on any atom is -0.374 e. The molecule has 0 spiro atoms. The number of rotatable bonds is 2. The quantitative estimate of drug-likeness (QED) is 0.374. The molecule has 0 saturated heterocycles. The van der Waals surface area contributed by atoms with Crippen LogP contribution in [0.5, 0.6) is 0 Å². The van der Waals surface area contributed by atoms with Gasteiger partial charge in [0.05, 0.1) is 6.54 Å². The molecule has 1 unspecified atom stereocenters. The van der Waals surface area contributed by atoms with Crippen molar-refractivity contribution in [3.8, 4) is 0 Å². The zero-order valence-corrected chi connectivity index (χ0v) is 4.42. The lowest BCUT2D eigenvalue weighted by molar-refractivity contribution is -0.121. The van der Waals surface area contributed by atoms with E-state index in [0.717, 1.165) is 0 Å². The number of nitrogens with one attached hydrogen (secondary N) is 1. The molecule has 4 N–H and O–H groups in total. The summed E-state index contributed by atoms with van der Waals surface area (Å²) in [4.78, 5) is 10.2. The Kier molecular flexibility index (Phi) is 3.14. The van der Waals surface area contributed by atoms with Crippen LogP contribution >= 0.6 is 0 Å². The van der Waals surface area contributed by atoms with Gasteiger partial charge in [0.2, 0.25) is 5.91 Å². The van der Waals surface area contributed by atoms with E-state index in [-0.39, 0.29) is 6.54 Å². The average Bonchev–Trinajstić information content (AvgIpc) is 1.65. The van der Waals surface area contributed by atoms with Gasteiger partial charge in [0.1, 0.15) is 6.23 Å². The van der Waals surface area contributed by atoms with Gasteiger partial charge < -0.3 is 16.2 Å². The Morgan fingerprint density at radius 2 is 2.50 bits per heavy atom. The number of hydrogen-bond donors (Lipinski definition) is 3. The third-order valence-electron chi connectivity index (χ3n) is 0.513. The van der Waals surface area contributed by atoms with Crippen molar-refractivity contribution in [2.45, 2.75) is 6.23 Å². The van der Waals surface area contributed by atoms with E-state index < -0.39 is 12.1 Å². The summed E-state index contributed by atoms with van der Waals surface area (Å²) in [7, 11) is 0. The van der Waals surface area contributed by atoms with Crippen molar-refractivity contribution in [1.82, 2.24) is 5.32 Å². The van der Waals surface area contributed by atoms with E-state index in [1.54, 1.807) is 0 Å². The van der Waals surface area contributed by atoms with Crippen molar-refractivity contribution in [2.75, 3.05) is 6.54 Å². The van der Waals surface area contributed by atoms with E-state index in [4.69, 9.17) is 10.8 Å². The molecular weight excluding hydrogens is 108 g/mol. The lowest BCUT2D eigenvalue weighted by Gasteiger charge is -2.03. The average molecular weight is 117 g/mol. The summed E-state index contributed by atoms with van der Waals surface area (Å²) in [6.45, 7) is 2.98. The standard InChI is InChI=1S/C4H9N2O2/c1-3(7)6-4(8)2-5/h3,7H,1-2,5H2,(H,6,8). The third kappa shape index (κ3) is 3.58. The van der Waals surface area contributed by atoms with Gasteiger partial charge in [0.25, 0.3) is 0 Å². The lowest BCUT2D eigenvalue weighted by Crippen LogP contribution is -2.36. The molecule has 0 aliphatic heterocycles. The normalized spacial score (nSPS) is 12.9. The van der Waals surface area contributed by atoms with E-state index in [1.165, 1.54) is 0 Å². The highest BCUT2D eigenvalue weighted by Crippen LogP contribution is 1.67. The minimum atomic E-state index is -1.05. The Morgan fingerprint density at radius 3 is 2.62 bits per heavy atom. The molecule has 0 bridgehead atoms. The molecule has 0 aromatic heterocycles. The number of amides is 1. The van der Waals surface area contributed by atoms with Crippen LogP contribution in [0.2, 0.25) is 0 Å². The molecule has 0 aromatic rings. The Labute approximate surface area is 47.7 Å². The number of aliphatic hydroxyl groups excluding tert-OH is 1. The maximum absolute atomic E-state index is 10.2. The van der Waals surface area contributed by atoms with Crippen LogP contribution in [-0.4, -0.2) is 23.8 Å². The fraction of sp³-hybridized carbons (Fsp3) is 0.500. The SMILES string of the molecule is [CH2]C(O)NC(=O)CN. The molecule has 0 aromatic carbocycles. The smallest absolute Gasteiger partial charge is 0.235 e. The zero-order valence-electron chi connectivity index (χ0n) is 4.42. The van der Waals surface area contributed by atoms with Crippen molar-refractivity contribution in [1.29, 1.82) is 0 Å². The molecule has 0 fully saturated rings. The Hall–Kier alpha value is -0.610. The summed E-state index contributed by atoms with van der Waals surface area (Å²) in [5.41, 5.74) is 4.87. The maximum Gasteiger partial charge on any atom is 0.235 e. The first kappa shape index (κ1) is 7.39. The summed E-state index contributed by atoms with van der Waals surface area (Å²) in [6, 6.07) is 0. The maximum atomic E-state index is 10.2. The first-order valence-electron chi connectivity index (χ1n) is 2.17. The molecule has 0 aliphatic rings. The van der Waals surface area contributed by atoms with Crippen LogP contribution in [0.3, 0.4) is 0 Å². The van der Waals surface area contributed by atoms with Crippen LogP contribution < -0.4 is 11.1 Å². The first-order chi connectivity index (χ1) is 3.66. The van der Waals surface area contributed by atoms with Crippen LogP contribution in [0.15, 0.2) is 0 Å². The van der Waals surface area contributed by atoms with E-state index in [0.29, 0.717) is 0 Å². The summed E-state index contributed by atoms with van der Waals surface area (Å²) in [6.07, 6.45) is -1.05. The number of carbonyl (C=O) groups excluding carboxylic acids is 1. The van der Waals surface area contributed by atoms with Crippen LogP contribution in [0.1, 0.15) is 0 Å². The minimum absolute atomic E-state index is 0.118. The van der Waals surface area contributed by atoms with E-state index in [1.807, 2.05) is 0 Å². The first-order valence-corrected chi connectivity index (χ1v) is 2.17. The van der Waals surface area contributed by atoms with Gasteiger partial charge in [-0.2, -0.15) is 0 Å². The second-order valence-corrected chi connectivity index (χ2v) is 1.29. The molecule has 0 heterocycles. The summed E-state index contributed by atoms with van der Waals surface area (Å²) in [5.74, 6) is -0.410. The van der Waals surface area contributed by atoms with Gasteiger partial charge >= 0.3 is 0 Å². The Balaban J connectivity index is 3.25. The second-order valence-electron chi connectivity index (χ2n) is 1.29. The van der Waals surface area contributed by atoms with Crippen LogP contribution in [-0.2, 0) is 4.79 Å². The van der Waals surface area contributed by atoms with Gasteiger partial charge in [0.15, 0.2) is 0 Å². The molecular formula is C4H9N2O2. The van der Waals surface area contributed by atoms with E-state index >= 15 is 0 Å². The number of hydrogen-bond acceptors (Lipinski definition) is 3. The van der Waals surface area contributed by atoms with Crippen LogP contribution in [0.4, 0.5) is 0 Å². The van der Waals surface area contributed by atoms with Crippen molar-refractivity contribution in [3.05, 3.63) is 6.92 Å². The molecule has 1 amide bonds. The molecule has 1 atom stereocenters. The highest BCUT2D eigenvalue weighted by atomic mass is 16.3. The van der Waals surface area contributed by atoms with Gasteiger partial charge in [-0.25, -0.2) is 0 Å². The predicted octanol–water partition coefficient (Wildman–Crippen LogP) is -1.79. The van der Waals surface area contributed by atoms with Gasteiger partial charge in [-0.1, -0.05) is 0 Å². The largest absolute Gasteiger partial charge is 0.374 e. The number of carbonyl (C=O) groups is 1. The third-order valence-corrected chi connectivity index (χ3v) is 0.513. The lowest BCUT2D eigenvalue weighted by atomic mass is 10.5. The fourth-order valence-corrected chi connectivity index (χ4v) is 0.245. The Morgan fingerprint density at radius 1 is 2.00 bits per heavy atom. The number of nitrogens with two attached hydrogens (primary N) is 1. The predicted molar refractivity (Wildman–Crippen MR) is 28.6 cm³/mol. The van der Waals surface area contributed by atoms with Gasteiger partial charge in [-0.3, -0.25) is 4.79 Å². The fourth-order valence-electron chi connectivity index (χ4n) is 0.245. The summed E-state index contributed by atoms with van der Waals surface area (Å²) >= 11 is 0. The van der Waals surface area contributed by atoms with Gasteiger partial charge in [0, 0.05) is 0 Å². The highest BCUT2D eigenvalue weighted by Gasteiger charge is 1.98. The van der Waals surface area contributed by atoms with Crippen molar-refractivity contribution in [2.24, 2.45) is 5.73 Å². The Bertz CT molecular complexity index is 82.1. The molecule has 0 aliphatic carbocycles. The molecule has 4 heteroatoms. The van der Waals surface area contributed by atoms with Crippen molar-refractivity contribution >= 4 is 5.91 Å².